The Morgan fingerprint density at radius 2 is 2.07 bits per heavy atom. The summed E-state index contributed by atoms with van der Waals surface area (Å²) in [6.07, 6.45) is 4.49. The van der Waals surface area contributed by atoms with Crippen LogP contribution in [0.1, 0.15) is 49.6 Å². The molecular weight excluding hydrogens is 420 g/mol. The van der Waals surface area contributed by atoms with Crippen LogP contribution >= 0.6 is 15.9 Å². The second kappa shape index (κ2) is 7.16. The molecule has 0 saturated heterocycles. The average Bonchev–Trinajstić information content (AvgIpc) is 3.39. The molecule has 0 spiro atoms. The highest BCUT2D eigenvalue weighted by Gasteiger charge is 2.29. The summed E-state index contributed by atoms with van der Waals surface area (Å²) in [5, 5.41) is 8.03. The average molecular weight is 443 g/mol. The SMILES string of the molecule is CC(C)(Cc1cc(C2CC2)cc2cc(CNc3cc(Br)ncn3)nn12)C(N)=O. The Bertz CT molecular complexity index is 1040. The summed E-state index contributed by atoms with van der Waals surface area (Å²) >= 11 is 3.34. The predicted molar refractivity (Wildman–Crippen MR) is 111 cm³/mol. The van der Waals surface area contributed by atoms with E-state index in [2.05, 4.69) is 49.4 Å². The Hall–Kier alpha value is -2.48. The Morgan fingerprint density at radius 3 is 2.75 bits per heavy atom. The van der Waals surface area contributed by atoms with Gasteiger partial charge in [-0.2, -0.15) is 5.10 Å². The number of hydrogen-bond acceptors (Lipinski definition) is 5. The van der Waals surface area contributed by atoms with Crippen molar-refractivity contribution in [2.45, 2.75) is 45.6 Å². The molecule has 28 heavy (non-hydrogen) atoms. The van der Waals surface area contributed by atoms with Gasteiger partial charge in [-0.15, -0.1) is 0 Å². The highest BCUT2D eigenvalue weighted by molar-refractivity contribution is 9.10. The number of pyridine rings is 1. The highest BCUT2D eigenvalue weighted by atomic mass is 79.9. The Labute approximate surface area is 171 Å². The van der Waals surface area contributed by atoms with Crippen LogP contribution < -0.4 is 11.1 Å². The number of carbonyl (C=O) groups excluding carboxylic acids is 1. The highest BCUT2D eigenvalue weighted by Crippen LogP contribution is 2.41. The van der Waals surface area contributed by atoms with Crippen LogP contribution in [0, 0.1) is 5.41 Å². The van der Waals surface area contributed by atoms with Crippen LogP contribution in [0.2, 0.25) is 0 Å². The molecule has 1 aliphatic carbocycles. The molecule has 0 unspecified atom stereocenters. The van der Waals surface area contributed by atoms with Gasteiger partial charge in [-0.25, -0.2) is 14.5 Å². The lowest BCUT2D eigenvalue weighted by atomic mass is 9.86. The zero-order valence-electron chi connectivity index (χ0n) is 15.9. The maximum absolute atomic E-state index is 11.9. The van der Waals surface area contributed by atoms with Gasteiger partial charge in [-0.1, -0.05) is 13.8 Å². The van der Waals surface area contributed by atoms with Crippen LogP contribution in [0.3, 0.4) is 0 Å². The van der Waals surface area contributed by atoms with Crippen molar-refractivity contribution in [2.75, 3.05) is 5.32 Å². The largest absolute Gasteiger partial charge is 0.369 e. The van der Waals surface area contributed by atoms with Gasteiger partial charge < -0.3 is 11.1 Å². The number of amides is 1. The number of nitrogens with two attached hydrogens (primary N) is 1. The van der Waals surface area contributed by atoms with E-state index in [4.69, 9.17) is 10.8 Å². The second-order valence-corrected chi connectivity index (χ2v) is 8.84. The van der Waals surface area contributed by atoms with Crippen molar-refractivity contribution < 1.29 is 4.79 Å². The van der Waals surface area contributed by atoms with Crippen molar-refractivity contribution >= 4 is 33.2 Å². The molecule has 1 amide bonds. The minimum atomic E-state index is -0.632. The number of nitrogens with one attached hydrogen (secondary N) is 1. The molecule has 1 saturated carbocycles. The molecule has 8 heteroatoms. The monoisotopic (exact) mass is 442 g/mol. The zero-order valence-corrected chi connectivity index (χ0v) is 17.5. The van der Waals surface area contributed by atoms with Gasteiger partial charge in [-0.3, -0.25) is 4.79 Å². The van der Waals surface area contributed by atoms with E-state index in [1.807, 2.05) is 24.4 Å². The standard InChI is InChI=1S/C20H23BrN6O/c1-20(2,19(22)28)9-16-6-13(12-3-4-12)5-15-7-14(26-27(15)16)10-23-18-8-17(21)24-11-25-18/h5-8,11-12H,3-4,9-10H2,1-2H3,(H2,22,28)(H,23,24,25). The Balaban J connectivity index is 1.65. The van der Waals surface area contributed by atoms with Crippen molar-refractivity contribution in [3.63, 3.8) is 0 Å². The fourth-order valence-electron chi connectivity index (χ4n) is 3.26. The van der Waals surface area contributed by atoms with Crippen LogP contribution in [0.25, 0.3) is 5.52 Å². The number of rotatable bonds is 7. The van der Waals surface area contributed by atoms with Gasteiger partial charge in [-0.05, 0) is 58.5 Å². The summed E-state index contributed by atoms with van der Waals surface area (Å²) < 4.78 is 2.66. The van der Waals surface area contributed by atoms with Crippen LogP contribution in [-0.2, 0) is 17.8 Å². The summed E-state index contributed by atoms with van der Waals surface area (Å²) in [7, 11) is 0. The molecule has 1 fully saturated rings. The Morgan fingerprint density at radius 1 is 1.29 bits per heavy atom. The van der Waals surface area contributed by atoms with Crippen molar-refractivity contribution in [1.82, 2.24) is 19.6 Å². The molecule has 3 N–H and O–H groups in total. The van der Waals surface area contributed by atoms with Crippen molar-refractivity contribution in [3.05, 3.63) is 52.1 Å². The van der Waals surface area contributed by atoms with E-state index >= 15 is 0 Å². The molecule has 7 nitrogen and oxygen atoms in total. The normalized spacial score (nSPS) is 14.4. The smallest absolute Gasteiger partial charge is 0.223 e. The lowest BCUT2D eigenvalue weighted by Crippen LogP contribution is -2.34. The number of primary amides is 1. The van der Waals surface area contributed by atoms with Gasteiger partial charge in [0, 0.05) is 23.6 Å². The molecule has 1 aliphatic rings. The van der Waals surface area contributed by atoms with E-state index in [9.17, 15) is 4.79 Å². The third kappa shape index (κ3) is 4.01. The first-order chi connectivity index (χ1) is 13.3. The van der Waals surface area contributed by atoms with E-state index in [0.29, 0.717) is 18.9 Å². The fraction of sp³-hybridized carbons (Fsp3) is 0.400. The summed E-state index contributed by atoms with van der Waals surface area (Å²) in [5.74, 6) is 1.05. The van der Waals surface area contributed by atoms with Gasteiger partial charge in [0.1, 0.15) is 16.7 Å². The van der Waals surface area contributed by atoms with Gasteiger partial charge in [0.2, 0.25) is 5.91 Å². The van der Waals surface area contributed by atoms with E-state index in [-0.39, 0.29) is 5.91 Å². The molecule has 146 valence electrons. The van der Waals surface area contributed by atoms with E-state index in [1.54, 1.807) is 0 Å². The zero-order chi connectivity index (χ0) is 19.9. The number of aromatic nitrogens is 4. The number of anilines is 1. The summed E-state index contributed by atoms with van der Waals surface area (Å²) in [6, 6.07) is 8.29. The van der Waals surface area contributed by atoms with E-state index in [0.717, 1.165) is 27.3 Å². The Kier molecular flexibility index (Phi) is 4.82. The first kappa shape index (κ1) is 18.9. The van der Waals surface area contributed by atoms with Crippen molar-refractivity contribution in [2.24, 2.45) is 11.1 Å². The quantitative estimate of drug-likeness (QED) is 0.546. The fourth-order valence-corrected chi connectivity index (χ4v) is 3.57. The molecule has 3 heterocycles. The first-order valence-electron chi connectivity index (χ1n) is 9.34. The number of fused-ring (bicyclic) bond motifs is 1. The molecule has 0 aromatic carbocycles. The van der Waals surface area contributed by atoms with Gasteiger partial charge in [0.05, 0.1) is 17.8 Å². The number of nitrogens with zero attached hydrogens (tertiary/aromatic N) is 4. The van der Waals surface area contributed by atoms with Crippen molar-refractivity contribution in [1.29, 1.82) is 0 Å². The van der Waals surface area contributed by atoms with Crippen molar-refractivity contribution in [3.8, 4) is 0 Å². The predicted octanol–water partition coefficient (Wildman–Crippen LogP) is 3.43. The molecule has 0 aliphatic heterocycles. The number of hydrogen-bond donors (Lipinski definition) is 2. The van der Waals surface area contributed by atoms with Gasteiger partial charge >= 0.3 is 0 Å². The summed E-state index contributed by atoms with van der Waals surface area (Å²) in [5.41, 5.74) is 9.26. The number of carbonyl (C=O) groups is 1. The lowest BCUT2D eigenvalue weighted by molar-refractivity contribution is -0.125. The maximum Gasteiger partial charge on any atom is 0.223 e. The molecule has 0 bridgehead atoms. The summed E-state index contributed by atoms with van der Waals surface area (Å²) in [6.45, 7) is 4.30. The molecule has 0 atom stereocenters. The lowest BCUT2D eigenvalue weighted by Gasteiger charge is -2.21. The second-order valence-electron chi connectivity index (χ2n) is 8.03. The maximum atomic E-state index is 11.9. The van der Waals surface area contributed by atoms with E-state index < -0.39 is 5.41 Å². The molecule has 4 rings (SSSR count). The first-order valence-corrected chi connectivity index (χ1v) is 10.1. The minimum Gasteiger partial charge on any atom is -0.369 e. The van der Waals surface area contributed by atoms with Crippen LogP contribution in [0.5, 0.6) is 0 Å². The van der Waals surface area contributed by atoms with Gasteiger partial charge in [0.25, 0.3) is 0 Å². The third-order valence-electron chi connectivity index (χ3n) is 5.13. The minimum absolute atomic E-state index is 0.305. The van der Waals surface area contributed by atoms with Crippen LogP contribution in [0.4, 0.5) is 5.82 Å². The van der Waals surface area contributed by atoms with Crippen LogP contribution in [-0.4, -0.2) is 25.5 Å². The summed E-state index contributed by atoms with van der Waals surface area (Å²) in [4.78, 5) is 20.1. The number of halogens is 1. The third-order valence-corrected chi connectivity index (χ3v) is 5.56. The molecule has 3 aromatic heterocycles. The molecule has 0 radical (unpaired) electrons. The molecular formula is C20H23BrN6O. The van der Waals surface area contributed by atoms with Crippen LogP contribution in [0.15, 0.2) is 35.2 Å². The van der Waals surface area contributed by atoms with Gasteiger partial charge in [0.15, 0.2) is 0 Å². The topological polar surface area (TPSA) is 98.2 Å². The van der Waals surface area contributed by atoms with E-state index in [1.165, 1.54) is 24.7 Å². The molecule has 3 aromatic rings.